The molecule has 0 aromatic heterocycles. The molecular formula is C15H17ClN2O2. The van der Waals surface area contributed by atoms with Crippen LogP contribution in [-0.2, 0) is 4.79 Å². The van der Waals surface area contributed by atoms with E-state index in [-0.39, 0.29) is 0 Å². The van der Waals surface area contributed by atoms with E-state index in [1.807, 2.05) is 6.07 Å². The largest absolute Gasteiger partial charge is 0.367 e. The minimum atomic E-state index is -0.576. The number of nitrogens with one attached hydrogen (secondary N) is 1. The number of amides is 1. The van der Waals surface area contributed by atoms with E-state index in [0.717, 1.165) is 18.7 Å². The fourth-order valence-electron chi connectivity index (χ4n) is 3.00. The molecule has 0 radical (unpaired) electrons. The minimum Gasteiger partial charge on any atom is -0.367 e. The highest BCUT2D eigenvalue weighted by Gasteiger charge is 2.31. The zero-order valence-corrected chi connectivity index (χ0v) is 12.3. The van der Waals surface area contributed by atoms with Gasteiger partial charge in [-0.15, -0.1) is 0 Å². The fourth-order valence-corrected chi connectivity index (χ4v) is 3.27. The summed E-state index contributed by atoms with van der Waals surface area (Å²) >= 11 is 6.33. The van der Waals surface area contributed by atoms with Gasteiger partial charge in [0.1, 0.15) is 0 Å². The van der Waals surface area contributed by atoms with E-state index >= 15 is 0 Å². The van der Waals surface area contributed by atoms with Gasteiger partial charge in [-0.1, -0.05) is 18.5 Å². The van der Waals surface area contributed by atoms with Crippen molar-refractivity contribution in [1.82, 2.24) is 0 Å². The van der Waals surface area contributed by atoms with Crippen molar-refractivity contribution in [2.24, 2.45) is 5.92 Å². The number of ketones is 1. The molecule has 20 heavy (non-hydrogen) atoms. The maximum Gasteiger partial charge on any atom is 0.296 e. The number of anilines is 2. The molecular weight excluding hydrogens is 276 g/mol. The number of piperidine rings is 1. The normalized spacial score (nSPS) is 25.6. The molecule has 1 amide bonds. The molecule has 2 aliphatic heterocycles. The maximum absolute atomic E-state index is 11.7. The first kappa shape index (κ1) is 13.4. The zero-order chi connectivity index (χ0) is 14.4. The van der Waals surface area contributed by atoms with Crippen molar-refractivity contribution in [2.45, 2.75) is 32.7 Å². The van der Waals surface area contributed by atoms with Crippen LogP contribution in [0.1, 0.15) is 37.0 Å². The first-order valence-corrected chi connectivity index (χ1v) is 7.31. The van der Waals surface area contributed by atoms with Gasteiger partial charge in [0.15, 0.2) is 0 Å². The Balaban J connectivity index is 2.01. The molecule has 4 nitrogen and oxygen atoms in total. The molecule has 5 heteroatoms. The third kappa shape index (κ3) is 2.08. The number of rotatable bonds is 1. The quantitative estimate of drug-likeness (QED) is 0.809. The number of Topliss-reactive ketones (excluding diaryl/α,β-unsaturated/α-hetero) is 1. The predicted molar refractivity (Wildman–Crippen MR) is 79.6 cm³/mol. The van der Waals surface area contributed by atoms with E-state index in [1.54, 1.807) is 6.07 Å². The zero-order valence-electron chi connectivity index (χ0n) is 11.6. The molecule has 2 heterocycles. The highest BCUT2D eigenvalue weighted by Crippen LogP contribution is 2.38. The lowest BCUT2D eigenvalue weighted by atomic mass is 9.94. The van der Waals surface area contributed by atoms with E-state index in [9.17, 15) is 9.59 Å². The summed E-state index contributed by atoms with van der Waals surface area (Å²) in [6.07, 6.45) is 2.34. The van der Waals surface area contributed by atoms with Crippen LogP contribution >= 0.6 is 11.6 Å². The van der Waals surface area contributed by atoms with Gasteiger partial charge in [0, 0.05) is 12.6 Å². The number of hydrogen-bond acceptors (Lipinski definition) is 3. The number of carbonyl (C=O) groups is 2. The predicted octanol–water partition coefficient (Wildman–Crippen LogP) is 3.10. The number of halogens is 1. The molecule has 106 valence electrons. The topological polar surface area (TPSA) is 49.4 Å². The van der Waals surface area contributed by atoms with Gasteiger partial charge < -0.3 is 10.2 Å². The number of nitrogens with zero attached hydrogens (tertiary/aromatic N) is 1. The van der Waals surface area contributed by atoms with Crippen LogP contribution in [0.25, 0.3) is 0 Å². The van der Waals surface area contributed by atoms with Crippen LogP contribution in [-0.4, -0.2) is 24.3 Å². The minimum absolute atomic E-state index is 0.376. The summed E-state index contributed by atoms with van der Waals surface area (Å²) in [7, 11) is 0. The van der Waals surface area contributed by atoms with Gasteiger partial charge in [-0.05, 0) is 37.8 Å². The second-order valence-electron chi connectivity index (χ2n) is 5.82. The number of hydrogen-bond donors (Lipinski definition) is 1. The van der Waals surface area contributed by atoms with Crippen molar-refractivity contribution in [3.63, 3.8) is 0 Å². The lowest BCUT2D eigenvalue weighted by Crippen LogP contribution is -2.41. The summed E-state index contributed by atoms with van der Waals surface area (Å²) in [5.74, 6) is -0.464. The second kappa shape index (κ2) is 4.77. The van der Waals surface area contributed by atoms with E-state index in [0.29, 0.717) is 28.2 Å². The molecule has 0 saturated carbocycles. The summed E-state index contributed by atoms with van der Waals surface area (Å²) in [6, 6.07) is 3.85. The molecule has 1 N–H and O–H groups in total. The monoisotopic (exact) mass is 292 g/mol. The van der Waals surface area contributed by atoms with Gasteiger partial charge in [-0.3, -0.25) is 9.59 Å². The maximum atomic E-state index is 11.7. The number of fused-ring (bicyclic) bond motifs is 1. The van der Waals surface area contributed by atoms with E-state index < -0.39 is 11.7 Å². The highest BCUT2D eigenvalue weighted by molar-refractivity contribution is 6.52. The lowest BCUT2D eigenvalue weighted by molar-refractivity contribution is -0.112. The molecule has 3 rings (SSSR count). The summed E-state index contributed by atoms with van der Waals surface area (Å²) in [6.45, 7) is 5.35. The lowest BCUT2D eigenvalue weighted by Gasteiger charge is -2.39. The summed E-state index contributed by atoms with van der Waals surface area (Å²) in [4.78, 5) is 25.4. The van der Waals surface area contributed by atoms with Crippen molar-refractivity contribution in [3.8, 4) is 0 Å². The second-order valence-corrected chi connectivity index (χ2v) is 6.22. The van der Waals surface area contributed by atoms with Gasteiger partial charge >= 0.3 is 0 Å². The third-order valence-corrected chi connectivity index (χ3v) is 4.52. The Morgan fingerprint density at radius 2 is 2.00 bits per heavy atom. The number of benzene rings is 1. The average molecular weight is 293 g/mol. The fraction of sp³-hybridized carbons (Fsp3) is 0.467. The van der Waals surface area contributed by atoms with E-state index in [1.165, 1.54) is 6.42 Å². The molecule has 1 fully saturated rings. The van der Waals surface area contributed by atoms with Crippen LogP contribution in [0.3, 0.4) is 0 Å². The number of carbonyl (C=O) groups excluding carboxylic acids is 2. The Labute approximate surface area is 123 Å². The standard InChI is InChI=1S/C15H17ClN2O2/c1-8-3-4-9(2)18(7-8)13-6-12-10(5-11(13)16)14(19)15(20)17-12/h5-6,8-9H,3-4,7H2,1-2H3,(H,17,19,20). The molecule has 0 spiro atoms. The Kier molecular flexibility index (Phi) is 3.21. The van der Waals surface area contributed by atoms with Crippen molar-refractivity contribution < 1.29 is 9.59 Å². The Hall–Kier alpha value is -1.55. The molecule has 2 atom stereocenters. The van der Waals surface area contributed by atoms with E-state index in [2.05, 4.69) is 24.1 Å². The highest BCUT2D eigenvalue weighted by atomic mass is 35.5. The first-order chi connectivity index (χ1) is 9.47. The molecule has 1 saturated heterocycles. The third-order valence-electron chi connectivity index (χ3n) is 4.21. The Morgan fingerprint density at radius 3 is 2.75 bits per heavy atom. The molecule has 1 aromatic rings. The van der Waals surface area contributed by atoms with Crippen LogP contribution in [0.4, 0.5) is 11.4 Å². The van der Waals surface area contributed by atoms with E-state index in [4.69, 9.17) is 11.6 Å². The summed E-state index contributed by atoms with van der Waals surface area (Å²) in [5, 5.41) is 3.14. The summed E-state index contributed by atoms with van der Waals surface area (Å²) in [5.41, 5.74) is 1.85. The smallest absolute Gasteiger partial charge is 0.296 e. The van der Waals surface area contributed by atoms with Crippen molar-refractivity contribution in [3.05, 3.63) is 22.7 Å². The van der Waals surface area contributed by atoms with Crippen LogP contribution in [0.5, 0.6) is 0 Å². The van der Waals surface area contributed by atoms with Crippen LogP contribution < -0.4 is 10.2 Å². The van der Waals surface area contributed by atoms with Crippen molar-refractivity contribution in [1.29, 1.82) is 0 Å². The molecule has 1 aromatic carbocycles. The Morgan fingerprint density at radius 1 is 1.25 bits per heavy atom. The SMILES string of the molecule is CC1CCC(C)N(c2cc3c(cc2Cl)C(=O)C(=O)N3)C1. The van der Waals surface area contributed by atoms with Crippen LogP contribution in [0.15, 0.2) is 12.1 Å². The first-order valence-electron chi connectivity index (χ1n) is 6.93. The molecule has 0 aliphatic carbocycles. The molecule has 2 unspecified atom stereocenters. The molecule has 0 bridgehead atoms. The van der Waals surface area contributed by atoms with Crippen molar-refractivity contribution in [2.75, 3.05) is 16.8 Å². The van der Waals surface area contributed by atoms with Gasteiger partial charge in [0.05, 0.1) is 22.0 Å². The van der Waals surface area contributed by atoms with Crippen LogP contribution in [0, 0.1) is 5.92 Å². The van der Waals surface area contributed by atoms with Gasteiger partial charge in [-0.2, -0.15) is 0 Å². The Bertz CT molecular complexity index is 600. The summed E-state index contributed by atoms with van der Waals surface area (Å²) < 4.78 is 0. The van der Waals surface area contributed by atoms with Gasteiger partial charge in [0.2, 0.25) is 0 Å². The van der Waals surface area contributed by atoms with Crippen LogP contribution in [0.2, 0.25) is 5.02 Å². The van der Waals surface area contributed by atoms with Crippen molar-refractivity contribution >= 4 is 34.7 Å². The van der Waals surface area contributed by atoms with Gasteiger partial charge in [-0.25, -0.2) is 0 Å². The molecule has 2 aliphatic rings. The van der Waals surface area contributed by atoms with Gasteiger partial charge in [0.25, 0.3) is 11.7 Å². The average Bonchev–Trinajstić information content (AvgIpc) is 2.68.